The molecule has 0 aromatic heterocycles. The number of benzene rings is 2. The Hall–Kier alpha value is -5.98. The molecule has 0 unspecified atom stereocenters. The van der Waals surface area contributed by atoms with E-state index in [9.17, 15) is 43.2 Å². The molecule has 0 aliphatic carbocycles. The van der Waals surface area contributed by atoms with E-state index in [4.69, 9.17) is 11.5 Å². The van der Waals surface area contributed by atoms with Crippen molar-refractivity contribution in [3.05, 3.63) is 71.8 Å². The van der Waals surface area contributed by atoms with E-state index in [1.165, 1.54) is 18.8 Å². The predicted molar refractivity (Wildman–Crippen MR) is 229 cm³/mol. The van der Waals surface area contributed by atoms with E-state index in [0.29, 0.717) is 23.3 Å². The maximum atomic E-state index is 14.3. The predicted octanol–water partition coefficient (Wildman–Crippen LogP) is -0.817. The normalized spacial score (nSPS) is 15.8. The highest BCUT2D eigenvalue weighted by Gasteiger charge is 2.34. The molecule has 2 aromatic carbocycles. The highest BCUT2D eigenvalue weighted by Crippen LogP contribution is 2.12. The quantitative estimate of drug-likeness (QED) is 0.0614. The fourth-order valence-electron chi connectivity index (χ4n) is 6.59. The van der Waals surface area contributed by atoms with Gasteiger partial charge in [-0.1, -0.05) is 74.5 Å². The summed E-state index contributed by atoms with van der Waals surface area (Å²) >= 11 is 1.48. The van der Waals surface area contributed by atoms with Gasteiger partial charge in [0.1, 0.15) is 36.3 Å². The molecular weight excluding hydrogens is 807 g/mol. The Kier molecular flexibility index (Phi) is 20.2. The first-order valence-corrected chi connectivity index (χ1v) is 21.6. The third-order valence-corrected chi connectivity index (χ3v) is 10.5. The smallest absolute Gasteiger partial charge is 0.245 e. The summed E-state index contributed by atoms with van der Waals surface area (Å²) in [4.78, 5) is 119. The number of carbonyl (C=O) groups excluding carboxylic acids is 9. The van der Waals surface area contributed by atoms with Gasteiger partial charge in [0.05, 0.1) is 6.54 Å². The van der Waals surface area contributed by atoms with E-state index in [1.54, 1.807) is 60.7 Å². The van der Waals surface area contributed by atoms with Gasteiger partial charge in [-0.15, -0.1) is 0 Å². The second-order valence-corrected chi connectivity index (χ2v) is 16.4. The van der Waals surface area contributed by atoms with Crippen LogP contribution in [0.25, 0.3) is 0 Å². The molecule has 0 radical (unpaired) electrons. The molecule has 1 aliphatic heterocycles. The summed E-state index contributed by atoms with van der Waals surface area (Å²) in [5, 5.41) is 15.9. The van der Waals surface area contributed by atoms with Crippen LogP contribution in [-0.4, -0.2) is 120 Å². The van der Waals surface area contributed by atoms with Crippen LogP contribution < -0.4 is 43.4 Å². The second kappa shape index (κ2) is 24.9. The van der Waals surface area contributed by atoms with Crippen LogP contribution in [0, 0.1) is 5.92 Å². The average molecular weight is 866 g/mol. The van der Waals surface area contributed by atoms with E-state index >= 15 is 0 Å². The zero-order valence-corrected chi connectivity index (χ0v) is 35.9. The minimum atomic E-state index is -1.31. The number of thioether (sulfide) groups is 1. The fraction of sp³-hybridized carbons (Fsp3) is 0.500. The molecule has 0 saturated carbocycles. The summed E-state index contributed by atoms with van der Waals surface area (Å²) in [6.45, 7) is 3.22. The number of carbonyl (C=O) groups is 9. The minimum Gasteiger partial charge on any atom is -0.370 e. The van der Waals surface area contributed by atoms with Crippen molar-refractivity contribution >= 4 is 64.9 Å². The van der Waals surface area contributed by atoms with Gasteiger partial charge in [-0.2, -0.15) is 11.8 Å². The van der Waals surface area contributed by atoms with Crippen molar-refractivity contribution in [3.63, 3.8) is 0 Å². The van der Waals surface area contributed by atoms with Gasteiger partial charge >= 0.3 is 0 Å². The molecule has 6 atom stereocenters. The van der Waals surface area contributed by atoms with Gasteiger partial charge in [-0.3, -0.25) is 43.2 Å². The van der Waals surface area contributed by atoms with Crippen LogP contribution in [0.15, 0.2) is 60.7 Å². The maximum absolute atomic E-state index is 14.3. The van der Waals surface area contributed by atoms with Crippen LogP contribution in [0.1, 0.15) is 63.5 Å². The molecule has 1 fully saturated rings. The Labute approximate surface area is 360 Å². The van der Waals surface area contributed by atoms with Gasteiger partial charge in [-0.25, -0.2) is 0 Å². The Morgan fingerprint density at radius 3 is 1.80 bits per heavy atom. The van der Waals surface area contributed by atoms with Crippen LogP contribution in [0.3, 0.4) is 0 Å². The molecule has 3 rings (SSSR count). The number of hydrogen-bond donors (Lipinski definition) is 8. The summed E-state index contributed by atoms with van der Waals surface area (Å²) < 4.78 is 0. The number of amides is 9. The van der Waals surface area contributed by atoms with Crippen LogP contribution in [0.5, 0.6) is 0 Å². The van der Waals surface area contributed by atoms with Crippen molar-refractivity contribution in [1.29, 1.82) is 0 Å². The molecule has 1 heterocycles. The van der Waals surface area contributed by atoms with Crippen molar-refractivity contribution in [3.8, 4) is 0 Å². The van der Waals surface area contributed by atoms with Gasteiger partial charge in [0.15, 0.2) is 0 Å². The van der Waals surface area contributed by atoms with Crippen molar-refractivity contribution in [2.45, 2.75) is 101 Å². The zero-order valence-electron chi connectivity index (χ0n) is 35.1. The fourth-order valence-corrected chi connectivity index (χ4v) is 7.06. The van der Waals surface area contributed by atoms with Gasteiger partial charge < -0.3 is 48.3 Å². The number of primary amides is 2. The number of nitrogens with one attached hydrogen (secondary N) is 6. The summed E-state index contributed by atoms with van der Waals surface area (Å²) in [6, 6.07) is 10.9. The standard InChI is InChI=1S/C42H59N9O9S/c1-25(2)21-31(40(58)47-28(37(44)55)19-20-61-4)46-36(54)24-51(3)42(60)33(23-27-13-9-6-10-14-27)50-41(59)32(22-26-11-7-5-8-12-26)49-39(57)30(15-17-34(43)52)48-38(56)29-16-18-35(53)45-29/h5-14,25,28-33H,15-24H2,1-4H3,(H2,43,52)(H2,44,55)(H,45,53)(H,46,54)(H,47,58)(H,48,56)(H,49,57)(H,50,59)/t28-,29-,30-,31-,32-,33-/m0/s1. The van der Waals surface area contributed by atoms with Crippen LogP contribution >= 0.6 is 11.8 Å². The molecule has 1 saturated heterocycles. The summed E-state index contributed by atoms with van der Waals surface area (Å²) in [5.74, 6) is -5.34. The summed E-state index contributed by atoms with van der Waals surface area (Å²) in [7, 11) is 1.37. The van der Waals surface area contributed by atoms with Gasteiger partial charge in [0.2, 0.25) is 53.2 Å². The van der Waals surface area contributed by atoms with E-state index < -0.39 is 90.1 Å². The number of likely N-dealkylation sites (N-methyl/N-ethyl adjacent to an activating group) is 1. The lowest BCUT2D eigenvalue weighted by atomic mass is 10.0. The summed E-state index contributed by atoms with van der Waals surface area (Å²) in [6.07, 6.45) is 2.23. The van der Waals surface area contributed by atoms with Crippen LogP contribution in [0.4, 0.5) is 0 Å². The van der Waals surface area contributed by atoms with E-state index in [1.807, 2.05) is 20.1 Å². The lowest BCUT2D eigenvalue weighted by Crippen LogP contribution is -2.59. The highest BCUT2D eigenvalue weighted by atomic mass is 32.2. The Morgan fingerprint density at radius 2 is 1.28 bits per heavy atom. The second-order valence-electron chi connectivity index (χ2n) is 15.4. The number of nitrogens with two attached hydrogens (primary N) is 2. The maximum Gasteiger partial charge on any atom is 0.245 e. The molecule has 18 nitrogen and oxygen atoms in total. The Bertz CT molecular complexity index is 1850. The number of nitrogens with zero attached hydrogens (tertiary/aromatic N) is 1. The lowest BCUT2D eigenvalue weighted by Gasteiger charge is -2.28. The molecule has 2 aromatic rings. The third-order valence-electron chi connectivity index (χ3n) is 9.82. The van der Waals surface area contributed by atoms with Gasteiger partial charge in [0, 0.05) is 32.7 Å². The Balaban J connectivity index is 1.85. The zero-order chi connectivity index (χ0) is 45.1. The monoisotopic (exact) mass is 865 g/mol. The lowest BCUT2D eigenvalue weighted by molar-refractivity contribution is -0.139. The Morgan fingerprint density at radius 1 is 0.738 bits per heavy atom. The molecule has 61 heavy (non-hydrogen) atoms. The largest absolute Gasteiger partial charge is 0.370 e. The molecule has 332 valence electrons. The molecular formula is C42H59N9O9S. The van der Waals surface area contributed by atoms with Crippen molar-refractivity contribution < 1.29 is 43.2 Å². The molecule has 19 heteroatoms. The van der Waals surface area contributed by atoms with E-state index in [2.05, 4.69) is 31.9 Å². The molecule has 10 N–H and O–H groups in total. The van der Waals surface area contributed by atoms with Crippen LogP contribution in [-0.2, 0) is 56.0 Å². The van der Waals surface area contributed by atoms with Gasteiger partial charge in [-0.05, 0) is 54.7 Å². The van der Waals surface area contributed by atoms with Crippen molar-refractivity contribution in [2.75, 3.05) is 25.6 Å². The van der Waals surface area contributed by atoms with Gasteiger partial charge in [0.25, 0.3) is 0 Å². The first-order chi connectivity index (χ1) is 29.0. The van der Waals surface area contributed by atoms with Crippen LogP contribution in [0.2, 0.25) is 0 Å². The third kappa shape index (κ3) is 17.3. The highest BCUT2D eigenvalue weighted by molar-refractivity contribution is 7.98. The van der Waals surface area contributed by atoms with Crippen molar-refractivity contribution in [2.24, 2.45) is 17.4 Å². The number of rotatable bonds is 25. The molecule has 1 aliphatic rings. The number of hydrogen-bond acceptors (Lipinski definition) is 10. The average Bonchev–Trinajstić information content (AvgIpc) is 3.66. The molecule has 0 spiro atoms. The first kappa shape index (κ1) is 49.4. The topological polar surface area (TPSA) is 281 Å². The van der Waals surface area contributed by atoms with E-state index in [0.717, 1.165) is 4.90 Å². The molecule has 0 bridgehead atoms. The first-order valence-electron chi connectivity index (χ1n) is 20.2. The SMILES string of the molecule is CSCC[C@H](NC(=O)[C@H](CC(C)C)NC(=O)CN(C)C(=O)[C@H](Cc1ccccc1)NC(=O)[C@H](Cc1ccccc1)NC(=O)[C@H](CCC(N)=O)NC(=O)[C@@H]1CCC(=O)N1)C(N)=O. The molecule has 9 amide bonds. The van der Waals surface area contributed by atoms with Crippen molar-refractivity contribution in [1.82, 2.24) is 36.8 Å². The summed E-state index contributed by atoms with van der Waals surface area (Å²) in [5.41, 5.74) is 12.2. The van der Waals surface area contributed by atoms with E-state index in [-0.39, 0.29) is 56.8 Å². The minimum absolute atomic E-state index is 0.00326.